The Labute approximate surface area is 61.0 Å². The summed E-state index contributed by atoms with van der Waals surface area (Å²) in [7, 11) is 0. The van der Waals surface area contributed by atoms with Crippen LogP contribution < -0.4 is 0 Å². The van der Waals surface area contributed by atoms with Gasteiger partial charge in [-0.2, -0.15) is 8.78 Å². The molecule has 0 aliphatic rings. The van der Waals surface area contributed by atoms with E-state index in [1.54, 1.807) is 0 Å². The molecule has 11 heavy (non-hydrogen) atoms. The lowest BCUT2D eigenvalue weighted by atomic mass is 10.3. The first kappa shape index (κ1) is 7.84. The maximum atomic E-state index is 12.4. The lowest BCUT2D eigenvalue weighted by Gasteiger charge is -2.02. The van der Waals surface area contributed by atoms with Crippen LogP contribution >= 0.6 is 0 Å². The standard InChI is InChI=1S/C6H5F2NO2/c1-6(7,8)5-2-4(3-10)9-11-5/h2-3H,1H3. The normalized spacial score (nSPS) is 11.5. The van der Waals surface area contributed by atoms with Crippen LogP contribution in [-0.4, -0.2) is 11.4 Å². The Morgan fingerprint density at radius 1 is 1.73 bits per heavy atom. The number of aromatic nitrogens is 1. The smallest absolute Gasteiger partial charge is 0.304 e. The highest BCUT2D eigenvalue weighted by molar-refractivity contribution is 5.71. The molecule has 1 rings (SSSR count). The molecule has 0 radical (unpaired) electrons. The van der Waals surface area contributed by atoms with E-state index in [9.17, 15) is 13.6 Å². The summed E-state index contributed by atoms with van der Waals surface area (Å²) in [4.78, 5) is 9.98. The van der Waals surface area contributed by atoms with E-state index < -0.39 is 11.7 Å². The van der Waals surface area contributed by atoms with Crippen LogP contribution in [-0.2, 0) is 5.92 Å². The lowest BCUT2D eigenvalue weighted by Crippen LogP contribution is -2.04. The van der Waals surface area contributed by atoms with E-state index in [0.717, 1.165) is 6.07 Å². The van der Waals surface area contributed by atoms with Crippen molar-refractivity contribution >= 4 is 6.29 Å². The van der Waals surface area contributed by atoms with Gasteiger partial charge in [-0.25, -0.2) is 0 Å². The molecule has 0 amide bonds. The third-order valence-electron chi connectivity index (χ3n) is 1.08. The van der Waals surface area contributed by atoms with E-state index in [2.05, 4.69) is 9.68 Å². The topological polar surface area (TPSA) is 43.1 Å². The van der Waals surface area contributed by atoms with E-state index in [4.69, 9.17) is 0 Å². The summed E-state index contributed by atoms with van der Waals surface area (Å²) < 4.78 is 28.9. The minimum Gasteiger partial charge on any atom is -0.354 e. The minimum atomic E-state index is -3.08. The monoisotopic (exact) mass is 161 g/mol. The van der Waals surface area contributed by atoms with Gasteiger partial charge in [-0.1, -0.05) is 5.16 Å². The van der Waals surface area contributed by atoms with E-state index in [1.807, 2.05) is 0 Å². The number of carbonyl (C=O) groups is 1. The summed E-state index contributed by atoms with van der Waals surface area (Å²) in [5, 5.41) is 3.08. The third kappa shape index (κ3) is 1.60. The third-order valence-corrected chi connectivity index (χ3v) is 1.08. The van der Waals surface area contributed by atoms with Gasteiger partial charge in [-0.15, -0.1) is 0 Å². The van der Waals surface area contributed by atoms with Gasteiger partial charge in [0.1, 0.15) is 5.69 Å². The van der Waals surface area contributed by atoms with Gasteiger partial charge in [-0.3, -0.25) is 4.79 Å². The Hall–Kier alpha value is -1.26. The molecule has 0 saturated heterocycles. The van der Waals surface area contributed by atoms with Crippen LogP contribution in [0.2, 0.25) is 0 Å². The second-order valence-electron chi connectivity index (χ2n) is 2.12. The first-order valence-corrected chi connectivity index (χ1v) is 2.84. The van der Waals surface area contributed by atoms with Crippen molar-refractivity contribution in [3.05, 3.63) is 17.5 Å². The molecular weight excluding hydrogens is 156 g/mol. The van der Waals surface area contributed by atoms with Gasteiger partial charge in [0.2, 0.25) is 5.76 Å². The van der Waals surface area contributed by atoms with Crippen LogP contribution in [0.15, 0.2) is 10.6 Å². The number of carbonyl (C=O) groups excluding carboxylic acids is 1. The van der Waals surface area contributed by atoms with Gasteiger partial charge in [0.15, 0.2) is 6.29 Å². The number of hydrogen-bond acceptors (Lipinski definition) is 3. The first-order valence-electron chi connectivity index (χ1n) is 2.84. The molecular formula is C6H5F2NO2. The summed E-state index contributed by atoms with van der Waals surface area (Å²) in [5.74, 6) is -3.67. The fourth-order valence-electron chi connectivity index (χ4n) is 0.551. The van der Waals surface area contributed by atoms with Crippen LogP contribution in [0.3, 0.4) is 0 Å². The van der Waals surface area contributed by atoms with Gasteiger partial charge in [0.05, 0.1) is 0 Å². The summed E-state index contributed by atoms with van der Waals surface area (Å²) in [6.45, 7) is 0.669. The van der Waals surface area contributed by atoms with Crippen molar-refractivity contribution in [2.75, 3.05) is 0 Å². The molecule has 0 spiro atoms. The van der Waals surface area contributed by atoms with Crippen molar-refractivity contribution in [2.45, 2.75) is 12.8 Å². The fourth-order valence-corrected chi connectivity index (χ4v) is 0.551. The Bertz CT molecular complexity index is 264. The zero-order chi connectivity index (χ0) is 8.48. The summed E-state index contributed by atoms with van der Waals surface area (Å²) in [5.41, 5.74) is -0.124. The van der Waals surface area contributed by atoms with E-state index in [0.29, 0.717) is 13.2 Å². The molecule has 5 heteroatoms. The van der Waals surface area contributed by atoms with E-state index >= 15 is 0 Å². The van der Waals surface area contributed by atoms with Crippen LogP contribution in [0.1, 0.15) is 23.2 Å². The molecule has 0 unspecified atom stereocenters. The molecule has 0 bridgehead atoms. The number of hydrogen-bond donors (Lipinski definition) is 0. The number of aldehydes is 1. The van der Waals surface area contributed by atoms with Crippen LogP contribution in [0.25, 0.3) is 0 Å². The van der Waals surface area contributed by atoms with E-state index in [1.165, 1.54) is 0 Å². The minimum absolute atomic E-state index is 0.124. The molecule has 0 aliphatic carbocycles. The molecule has 60 valence electrons. The number of halogens is 2. The summed E-state index contributed by atoms with van der Waals surface area (Å²) in [6.07, 6.45) is 0.346. The van der Waals surface area contributed by atoms with Gasteiger partial charge in [-0.05, 0) is 0 Å². The highest BCUT2D eigenvalue weighted by atomic mass is 19.3. The second-order valence-corrected chi connectivity index (χ2v) is 2.12. The number of rotatable bonds is 2. The molecule has 1 heterocycles. The quantitative estimate of drug-likeness (QED) is 0.618. The van der Waals surface area contributed by atoms with Crippen molar-refractivity contribution in [1.29, 1.82) is 0 Å². The van der Waals surface area contributed by atoms with Crippen LogP contribution in [0.5, 0.6) is 0 Å². The first-order chi connectivity index (χ1) is 5.04. The highest BCUT2D eigenvalue weighted by Gasteiger charge is 2.29. The maximum absolute atomic E-state index is 12.4. The Morgan fingerprint density at radius 3 is 2.64 bits per heavy atom. The van der Waals surface area contributed by atoms with Crippen molar-refractivity contribution in [3.8, 4) is 0 Å². The van der Waals surface area contributed by atoms with E-state index in [-0.39, 0.29) is 5.69 Å². The predicted octanol–water partition coefficient (Wildman–Crippen LogP) is 1.60. The average molecular weight is 161 g/mol. The van der Waals surface area contributed by atoms with Crippen LogP contribution in [0, 0.1) is 0 Å². The second kappa shape index (κ2) is 2.41. The van der Waals surface area contributed by atoms with Gasteiger partial charge in [0.25, 0.3) is 0 Å². The van der Waals surface area contributed by atoms with Gasteiger partial charge in [0, 0.05) is 13.0 Å². The Kier molecular flexibility index (Phi) is 1.72. The summed E-state index contributed by atoms with van der Waals surface area (Å²) in [6, 6.07) is 0.910. The Morgan fingerprint density at radius 2 is 2.36 bits per heavy atom. The molecule has 0 fully saturated rings. The van der Waals surface area contributed by atoms with Crippen molar-refractivity contribution in [2.24, 2.45) is 0 Å². The van der Waals surface area contributed by atoms with Crippen LogP contribution in [0.4, 0.5) is 8.78 Å². The zero-order valence-corrected chi connectivity index (χ0v) is 5.67. The predicted molar refractivity (Wildman–Crippen MR) is 31.5 cm³/mol. The van der Waals surface area contributed by atoms with Gasteiger partial charge < -0.3 is 4.52 Å². The van der Waals surface area contributed by atoms with Crippen molar-refractivity contribution in [3.63, 3.8) is 0 Å². The molecule has 0 saturated carbocycles. The molecule has 0 N–H and O–H groups in total. The maximum Gasteiger partial charge on any atom is 0.304 e. The SMILES string of the molecule is CC(F)(F)c1cc(C=O)no1. The molecule has 0 aliphatic heterocycles. The molecule has 0 atom stereocenters. The number of nitrogens with zero attached hydrogens (tertiary/aromatic N) is 1. The molecule has 0 aromatic carbocycles. The lowest BCUT2D eigenvalue weighted by molar-refractivity contribution is -0.0105. The largest absolute Gasteiger partial charge is 0.354 e. The molecule has 3 nitrogen and oxygen atoms in total. The highest BCUT2D eigenvalue weighted by Crippen LogP contribution is 2.26. The average Bonchev–Trinajstić information content (AvgIpc) is 2.32. The zero-order valence-electron chi connectivity index (χ0n) is 5.67. The molecule has 1 aromatic heterocycles. The van der Waals surface area contributed by atoms with Crippen molar-refractivity contribution < 1.29 is 18.1 Å². The Balaban J connectivity index is 2.98. The number of alkyl halides is 2. The summed E-state index contributed by atoms with van der Waals surface area (Å²) >= 11 is 0. The van der Waals surface area contributed by atoms with Gasteiger partial charge >= 0.3 is 5.92 Å². The molecule has 1 aromatic rings. The fraction of sp³-hybridized carbons (Fsp3) is 0.333. The van der Waals surface area contributed by atoms with Crippen molar-refractivity contribution in [1.82, 2.24) is 5.16 Å².